The van der Waals surface area contributed by atoms with Crippen molar-refractivity contribution in [2.45, 2.75) is 13.5 Å². The van der Waals surface area contributed by atoms with Crippen molar-refractivity contribution in [2.24, 2.45) is 0 Å². The highest BCUT2D eigenvalue weighted by molar-refractivity contribution is 7.17. The number of aryl methyl sites for hydroxylation is 1. The Kier molecular flexibility index (Phi) is 4.51. The van der Waals surface area contributed by atoms with Crippen LogP contribution in [0.15, 0.2) is 41.1 Å². The second kappa shape index (κ2) is 6.73. The molecule has 0 aliphatic carbocycles. The van der Waals surface area contributed by atoms with E-state index in [0.717, 1.165) is 21.8 Å². The predicted octanol–water partition coefficient (Wildman–Crippen LogP) is 3.98. The maximum atomic E-state index is 12.4. The fraction of sp³-hybridized carbons (Fsp3) is 0.118. The number of nitriles is 1. The van der Waals surface area contributed by atoms with E-state index < -0.39 is 0 Å². The highest BCUT2D eigenvalue weighted by atomic mass is 32.1. The Morgan fingerprint density at radius 1 is 1.39 bits per heavy atom. The van der Waals surface area contributed by atoms with Gasteiger partial charge < -0.3 is 5.32 Å². The Hall–Kier alpha value is -2.49. The number of thiophene rings is 1. The van der Waals surface area contributed by atoms with E-state index in [1.165, 1.54) is 11.3 Å². The highest BCUT2D eigenvalue weighted by Crippen LogP contribution is 2.29. The number of hydrogen-bond donors (Lipinski definition) is 1. The lowest BCUT2D eigenvalue weighted by molar-refractivity contribution is 0.0954. The highest BCUT2D eigenvalue weighted by Gasteiger charge is 2.16. The van der Waals surface area contributed by atoms with E-state index in [-0.39, 0.29) is 5.91 Å². The van der Waals surface area contributed by atoms with Crippen LogP contribution < -0.4 is 5.32 Å². The van der Waals surface area contributed by atoms with Gasteiger partial charge in [0.25, 0.3) is 5.91 Å². The van der Waals surface area contributed by atoms with E-state index in [0.29, 0.717) is 17.0 Å². The molecule has 0 unspecified atom stereocenters. The second-order valence-corrected chi connectivity index (χ2v) is 6.72. The third-order valence-electron chi connectivity index (χ3n) is 3.28. The zero-order chi connectivity index (χ0) is 16.2. The third-order valence-corrected chi connectivity index (χ3v) is 5.17. The Bertz CT molecular complexity index is 876. The van der Waals surface area contributed by atoms with Gasteiger partial charge in [-0.1, -0.05) is 12.1 Å². The summed E-state index contributed by atoms with van der Waals surface area (Å²) in [7, 11) is 0. The third kappa shape index (κ3) is 3.47. The molecule has 0 atom stereocenters. The van der Waals surface area contributed by atoms with E-state index in [2.05, 4.69) is 16.4 Å². The average molecular weight is 339 g/mol. The summed E-state index contributed by atoms with van der Waals surface area (Å²) in [6, 6.07) is 11.3. The summed E-state index contributed by atoms with van der Waals surface area (Å²) in [4.78, 5) is 17.5. The average Bonchev–Trinajstić information content (AvgIpc) is 3.22. The lowest BCUT2D eigenvalue weighted by atomic mass is 10.1. The molecule has 2 heterocycles. The number of thiazole rings is 1. The van der Waals surface area contributed by atoms with Crippen molar-refractivity contribution in [3.8, 4) is 16.6 Å². The first-order valence-corrected chi connectivity index (χ1v) is 8.70. The lowest BCUT2D eigenvalue weighted by Gasteiger charge is -2.04. The van der Waals surface area contributed by atoms with Crippen molar-refractivity contribution in [3.05, 3.63) is 62.8 Å². The maximum Gasteiger partial charge on any atom is 0.263 e. The minimum absolute atomic E-state index is 0.135. The van der Waals surface area contributed by atoms with E-state index in [1.807, 2.05) is 35.9 Å². The van der Waals surface area contributed by atoms with Crippen molar-refractivity contribution in [1.29, 1.82) is 5.26 Å². The van der Waals surface area contributed by atoms with Crippen LogP contribution in [-0.2, 0) is 6.54 Å². The van der Waals surface area contributed by atoms with Crippen molar-refractivity contribution in [3.63, 3.8) is 0 Å². The van der Waals surface area contributed by atoms with Gasteiger partial charge in [0.2, 0.25) is 0 Å². The summed E-state index contributed by atoms with van der Waals surface area (Å²) in [6.45, 7) is 2.23. The fourth-order valence-corrected chi connectivity index (χ4v) is 3.82. The summed E-state index contributed by atoms with van der Waals surface area (Å²) in [5.74, 6) is -0.135. The summed E-state index contributed by atoms with van der Waals surface area (Å²) in [5.41, 5.74) is 3.27. The first-order valence-electron chi connectivity index (χ1n) is 6.94. The van der Waals surface area contributed by atoms with Gasteiger partial charge in [-0.15, -0.1) is 11.3 Å². The molecule has 0 aliphatic heterocycles. The van der Waals surface area contributed by atoms with Crippen LogP contribution in [0.25, 0.3) is 10.6 Å². The minimum atomic E-state index is -0.135. The van der Waals surface area contributed by atoms with Crippen molar-refractivity contribution >= 4 is 28.6 Å². The van der Waals surface area contributed by atoms with Gasteiger partial charge in [-0.25, -0.2) is 4.98 Å². The summed E-state index contributed by atoms with van der Waals surface area (Å²) in [5, 5.41) is 16.7. The number of nitrogens with one attached hydrogen (secondary N) is 1. The molecule has 0 saturated heterocycles. The topological polar surface area (TPSA) is 65.8 Å². The van der Waals surface area contributed by atoms with Crippen LogP contribution in [0.5, 0.6) is 0 Å². The molecular weight excluding hydrogens is 326 g/mol. The molecule has 0 fully saturated rings. The molecule has 0 aliphatic rings. The molecule has 6 heteroatoms. The molecule has 3 aromatic rings. The van der Waals surface area contributed by atoms with E-state index in [4.69, 9.17) is 5.26 Å². The van der Waals surface area contributed by atoms with Crippen LogP contribution >= 0.6 is 22.7 Å². The lowest BCUT2D eigenvalue weighted by Crippen LogP contribution is -2.22. The molecule has 114 valence electrons. The molecule has 0 saturated carbocycles. The molecular formula is C17H13N3OS2. The van der Waals surface area contributed by atoms with Gasteiger partial charge in [0.05, 0.1) is 17.3 Å². The van der Waals surface area contributed by atoms with Crippen LogP contribution in [0.1, 0.15) is 26.5 Å². The zero-order valence-corrected chi connectivity index (χ0v) is 14.0. The van der Waals surface area contributed by atoms with Crippen LogP contribution in [0, 0.1) is 18.3 Å². The summed E-state index contributed by atoms with van der Waals surface area (Å²) < 4.78 is 0. The normalized spacial score (nSPS) is 10.3. The number of nitrogens with zero attached hydrogens (tertiary/aromatic N) is 2. The Balaban J connectivity index is 1.72. The SMILES string of the molecule is Cc1nc(-c2ccsc2)sc1C(=O)NCc1cccc(C#N)c1. The number of aromatic nitrogens is 1. The monoisotopic (exact) mass is 339 g/mol. The first-order chi connectivity index (χ1) is 11.2. The van der Waals surface area contributed by atoms with Gasteiger partial charge in [-0.05, 0) is 36.1 Å². The van der Waals surface area contributed by atoms with Gasteiger partial charge in [0.1, 0.15) is 9.88 Å². The van der Waals surface area contributed by atoms with Gasteiger partial charge in [0, 0.05) is 17.5 Å². The van der Waals surface area contributed by atoms with Crippen molar-refractivity contribution < 1.29 is 4.79 Å². The Labute approximate surface area is 142 Å². The smallest absolute Gasteiger partial charge is 0.263 e. The van der Waals surface area contributed by atoms with E-state index >= 15 is 0 Å². The Morgan fingerprint density at radius 3 is 3.00 bits per heavy atom. The first kappa shape index (κ1) is 15.4. The van der Waals surface area contributed by atoms with E-state index in [9.17, 15) is 4.79 Å². The Morgan fingerprint density at radius 2 is 2.26 bits per heavy atom. The molecule has 4 nitrogen and oxygen atoms in total. The number of amides is 1. The second-order valence-electron chi connectivity index (χ2n) is 4.94. The zero-order valence-electron chi connectivity index (χ0n) is 12.4. The quantitative estimate of drug-likeness (QED) is 0.782. The van der Waals surface area contributed by atoms with Crippen LogP contribution in [0.4, 0.5) is 0 Å². The molecule has 0 bridgehead atoms. The molecule has 0 spiro atoms. The number of rotatable bonds is 4. The van der Waals surface area contributed by atoms with Crippen molar-refractivity contribution in [1.82, 2.24) is 10.3 Å². The minimum Gasteiger partial charge on any atom is -0.347 e. The fourth-order valence-electron chi connectivity index (χ4n) is 2.13. The molecule has 0 radical (unpaired) electrons. The van der Waals surface area contributed by atoms with Crippen LogP contribution in [0.3, 0.4) is 0 Å². The van der Waals surface area contributed by atoms with Gasteiger partial charge in [0.15, 0.2) is 0 Å². The van der Waals surface area contributed by atoms with Crippen LogP contribution in [0.2, 0.25) is 0 Å². The number of hydrogen-bond acceptors (Lipinski definition) is 5. The standard InChI is InChI=1S/C17H13N3OS2/c1-11-15(23-17(20-11)14-5-6-22-10-14)16(21)19-9-13-4-2-3-12(7-13)8-18/h2-7,10H,9H2,1H3,(H,19,21). The molecule has 1 amide bonds. The van der Waals surface area contributed by atoms with Crippen molar-refractivity contribution in [2.75, 3.05) is 0 Å². The predicted molar refractivity (Wildman–Crippen MR) is 92.5 cm³/mol. The number of benzene rings is 1. The van der Waals surface area contributed by atoms with Crippen LogP contribution in [-0.4, -0.2) is 10.9 Å². The van der Waals surface area contributed by atoms with Gasteiger partial charge in [-0.3, -0.25) is 4.79 Å². The summed E-state index contributed by atoms with van der Waals surface area (Å²) >= 11 is 3.01. The molecule has 1 N–H and O–H groups in total. The molecule has 3 rings (SSSR count). The molecule has 2 aromatic heterocycles. The molecule has 23 heavy (non-hydrogen) atoms. The van der Waals surface area contributed by atoms with Gasteiger partial charge >= 0.3 is 0 Å². The van der Waals surface area contributed by atoms with Gasteiger partial charge in [-0.2, -0.15) is 16.6 Å². The molecule has 1 aromatic carbocycles. The summed E-state index contributed by atoms with van der Waals surface area (Å²) in [6.07, 6.45) is 0. The largest absolute Gasteiger partial charge is 0.347 e. The number of carbonyl (C=O) groups is 1. The maximum absolute atomic E-state index is 12.4. The number of carbonyl (C=O) groups excluding carboxylic acids is 1. The van der Waals surface area contributed by atoms with E-state index in [1.54, 1.807) is 23.5 Å².